The Bertz CT molecular complexity index is 336. The molecule has 0 saturated carbocycles. The normalized spacial score (nSPS) is 12.2. The van der Waals surface area contributed by atoms with Gasteiger partial charge >= 0.3 is 0 Å². The second-order valence-electron chi connectivity index (χ2n) is 3.26. The van der Waals surface area contributed by atoms with Crippen molar-refractivity contribution in [2.24, 2.45) is 0 Å². The molecule has 1 unspecified atom stereocenters. The summed E-state index contributed by atoms with van der Waals surface area (Å²) in [7, 11) is 1.64. The van der Waals surface area contributed by atoms with Crippen LogP contribution in [0.2, 0.25) is 0 Å². The average molecular weight is 290 g/mol. The van der Waals surface area contributed by atoms with Crippen LogP contribution in [0.3, 0.4) is 0 Å². The van der Waals surface area contributed by atoms with Crippen LogP contribution >= 0.6 is 15.9 Å². The second-order valence-corrected chi connectivity index (χ2v) is 4.12. The van der Waals surface area contributed by atoms with Crippen LogP contribution in [-0.2, 0) is 4.74 Å². The average Bonchev–Trinajstić information content (AvgIpc) is 2.24. The van der Waals surface area contributed by atoms with E-state index in [-0.39, 0.29) is 6.10 Å². The summed E-state index contributed by atoms with van der Waals surface area (Å²) in [5, 5.41) is 3.03. The topological polar surface area (TPSA) is 56.3 Å². The van der Waals surface area contributed by atoms with Crippen LogP contribution in [0.5, 0.6) is 5.88 Å². The molecule has 0 aliphatic heterocycles. The highest BCUT2D eigenvalue weighted by Gasteiger charge is 2.10. The van der Waals surface area contributed by atoms with Crippen LogP contribution in [0.1, 0.15) is 13.8 Å². The first-order valence-corrected chi connectivity index (χ1v) is 5.88. The van der Waals surface area contributed by atoms with Crippen LogP contribution in [0, 0.1) is 0 Å². The Balaban J connectivity index is 2.73. The molecule has 1 atom stereocenters. The zero-order chi connectivity index (χ0) is 12.0. The van der Waals surface area contributed by atoms with E-state index in [1.54, 1.807) is 13.3 Å². The van der Waals surface area contributed by atoms with Gasteiger partial charge in [0.05, 0.1) is 17.3 Å². The number of anilines is 1. The van der Waals surface area contributed by atoms with Gasteiger partial charge in [0, 0.05) is 13.7 Å². The zero-order valence-electron chi connectivity index (χ0n) is 9.66. The minimum absolute atomic E-state index is 0.0503. The Labute approximate surface area is 104 Å². The van der Waals surface area contributed by atoms with E-state index in [2.05, 4.69) is 31.2 Å². The van der Waals surface area contributed by atoms with Crippen LogP contribution in [0.15, 0.2) is 10.7 Å². The maximum Gasteiger partial charge on any atom is 0.233 e. The first-order valence-electron chi connectivity index (χ1n) is 5.09. The number of aromatic nitrogens is 2. The van der Waals surface area contributed by atoms with E-state index < -0.39 is 0 Å². The fraction of sp³-hybridized carbons (Fsp3) is 0.600. The SMILES string of the molecule is CCNc1ncc(Br)c(OC(C)COC)n1. The third-order valence-corrected chi connectivity index (χ3v) is 2.30. The molecular formula is C10H16BrN3O2. The number of methoxy groups -OCH3 is 1. The fourth-order valence-corrected chi connectivity index (χ4v) is 1.42. The zero-order valence-corrected chi connectivity index (χ0v) is 11.2. The van der Waals surface area contributed by atoms with Crippen molar-refractivity contribution in [3.63, 3.8) is 0 Å². The van der Waals surface area contributed by atoms with E-state index in [1.807, 2.05) is 13.8 Å². The predicted molar refractivity (Wildman–Crippen MR) is 65.9 cm³/mol. The van der Waals surface area contributed by atoms with Gasteiger partial charge < -0.3 is 14.8 Å². The van der Waals surface area contributed by atoms with Crippen LogP contribution < -0.4 is 10.1 Å². The Morgan fingerprint density at radius 1 is 1.56 bits per heavy atom. The number of nitrogens with zero attached hydrogens (tertiary/aromatic N) is 2. The van der Waals surface area contributed by atoms with Gasteiger partial charge in [0.15, 0.2) is 0 Å². The predicted octanol–water partition coefficient (Wildman–Crippen LogP) is 2.08. The van der Waals surface area contributed by atoms with Crippen LogP contribution in [0.4, 0.5) is 5.95 Å². The number of ether oxygens (including phenoxy) is 2. The van der Waals surface area contributed by atoms with Crippen LogP contribution in [0.25, 0.3) is 0 Å². The maximum atomic E-state index is 5.61. The summed E-state index contributed by atoms with van der Waals surface area (Å²) in [5.74, 6) is 1.08. The summed E-state index contributed by atoms with van der Waals surface area (Å²) in [6.45, 7) is 5.20. The summed E-state index contributed by atoms with van der Waals surface area (Å²) in [6.07, 6.45) is 1.62. The molecular weight excluding hydrogens is 274 g/mol. The highest BCUT2D eigenvalue weighted by atomic mass is 79.9. The van der Waals surface area contributed by atoms with Crippen molar-refractivity contribution in [3.8, 4) is 5.88 Å². The summed E-state index contributed by atoms with van der Waals surface area (Å²) in [5.41, 5.74) is 0. The van der Waals surface area contributed by atoms with E-state index in [0.717, 1.165) is 11.0 Å². The Morgan fingerprint density at radius 3 is 2.94 bits per heavy atom. The molecule has 90 valence electrons. The quantitative estimate of drug-likeness (QED) is 0.869. The van der Waals surface area contributed by atoms with Crippen molar-refractivity contribution in [3.05, 3.63) is 10.7 Å². The molecule has 1 N–H and O–H groups in total. The van der Waals surface area contributed by atoms with E-state index >= 15 is 0 Å². The molecule has 1 heterocycles. The molecule has 0 amide bonds. The van der Waals surface area contributed by atoms with Gasteiger partial charge in [-0.25, -0.2) is 4.98 Å². The molecule has 0 bridgehead atoms. The number of halogens is 1. The van der Waals surface area contributed by atoms with Gasteiger partial charge in [-0.2, -0.15) is 4.98 Å². The van der Waals surface area contributed by atoms with E-state index in [4.69, 9.17) is 9.47 Å². The van der Waals surface area contributed by atoms with Gasteiger partial charge in [0.2, 0.25) is 11.8 Å². The Hall–Kier alpha value is -0.880. The summed E-state index contributed by atoms with van der Waals surface area (Å²) in [4.78, 5) is 8.34. The van der Waals surface area contributed by atoms with Gasteiger partial charge in [-0.05, 0) is 29.8 Å². The van der Waals surface area contributed by atoms with E-state index in [9.17, 15) is 0 Å². The largest absolute Gasteiger partial charge is 0.471 e. The summed E-state index contributed by atoms with van der Waals surface area (Å²) >= 11 is 3.34. The third-order valence-electron chi connectivity index (χ3n) is 1.76. The van der Waals surface area contributed by atoms with Crippen LogP contribution in [-0.4, -0.2) is 36.3 Å². The lowest BCUT2D eigenvalue weighted by Gasteiger charge is -2.14. The minimum Gasteiger partial charge on any atom is -0.471 e. The molecule has 0 saturated heterocycles. The van der Waals surface area contributed by atoms with Gasteiger partial charge in [-0.1, -0.05) is 0 Å². The van der Waals surface area contributed by atoms with Gasteiger partial charge in [0.1, 0.15) is 6.10 Å². The number of rotatable bonds is 6. The van der Waals surface area contributed by atoms with Gasteiger partial charge in [-0.15, -0.1) is 0 Å². The molecule has 16 heavy (non-hydrogen) atoms. The lowest BCUT2D eigenvalue weighted by molar-refractivity contribution is 0.0884. The van der Waals surface area contributed by atoms with Gasteiger partial charge in [0.25, 0.3) is 0 Å². The van der Waals surface area contributed by atoms with Crippen molar-refractivity contribution in [2.75, 3.05) is 25.6 Å². The maximum absolute atomic E-state index is 5.61. The standard InChI is InChI=1S/C10H16BrN3O2/c1-4-12-10-13-5-8(11)9(14-10)16-7(2)6-15-3/h5,7H,4,6H2,1-3H3,(H,12,13,14). The van der Waals surface area contributed by atoms with Crippen molar-refractivity contribution in [1.29, 1.82) is 0 Å². The Kier molecular flexibility index (Phi) is 5.48. The lowest BCUT2D eigenvalue weighted by Crippen LogP contribution is -2.19. The first kappa shape index (κ1) is 13.2. The smallest absolute Gasteiger partial charge is 0.233 e. The molecule has 6 heteroatoms. The fourth-order valence-electron chi connectivity index (χ4n) is 1.14. The molecule has 1 aromatic rings. The summed E-state index contributed by atoms with van der Waals surface area (Å²) < 4.78 is 11.3. The number of hydrogen-bond acceptors (Lipinski definition) is 5. The van der Waals surface area contributed by atoms with Crippen molar-refractivity contribution >= 4 is 21.9 Å². The number of nitrogens with one attached hydrogen (secondary N) is 1. The molecule has 5 nitrogen and oxygen atoms in total. The molecule has 0 spiro atoms. The first-order chi connectivity index (χ1) is 7.67. The summed E-state index contributed by atoms with van der Waals surface area (Å²) in [6, 6.07) is 0. The monoisotopic (exact) mass is 289 g/mol. The van der Waals surface area contributed by atoms with Gasteiger partial charge in [-0.3, -0.25) is 0 Å². The Morgan fingerprint density at radius 2 is 2.31 bits per heavy atom. The highest BCUT2D eigenvalue weighted by Crippen LogP contribution is 2.23. The van der Waals surface area contributed by atoms with E-state index in [0.29, 0.717) is 18.4 Å². The highest BCUT2D eigenvalue weighted by molar-refractivity contribution is 9.10. The van der Waals surface area contributed by atoms with Crippen molar-refractivity contribution < 1.29 is 9.47 Å². The molecule has 0 radical (unpaired) electrons. The molecule has 0 fully saturated rings. The third kappa shape index (κ3) is 3.94. The number of hydrogen-bond donors (Lipinski definition) is 1. The molecule has 0 aromatic carbocycles. The minimum atomic E-state index is -0.0503. The molecule has 1 aromatic heterocycles. The lowest BCUT2D eigenvalue weighted by atomic mass is 10.4. The molecule has 0 aliphatic carbocycles. The molecule has 0 aliphatic rings. The van der Waals surface area contributed by atoms with E-state index in [1.165, 1.54) is 0 Å². The molecule has 1 rings (SSSR count). The second kappa shape index (κ2) is 6.65. The van der Waals surface area contributed by atoms with Crippen molar-refractivity contribution in [1.82, 2.24) is 9.97 Å². The van der Waals surface area contributed by atoms with Crippen molar-refractivity contribution in [2.45, 2.75) is 20.0 Å².